The number of benzene rings is 1. The molecule has 0 bridgehead atoms. The highest BCUT2D eigenvalue weighted by Crippen LogP contribution is 2.34. The largest absolute Gasteiger partial charge is 0.371 e. The Hall–Kier alpha value is -3.40. The van der Waals surface area contributed by atoms with Crippen LogP contribution in [0.5, 0.6) is 0 Å². The number of rotatable bonds is 3. The van der Waals surface area contributed by atoms with Gasteiger partial charge in [-0.25, -0.2) is 9.37 Å². The van der Waals surface area contributed by atoms with Crippen molar-refractivity contribution in [2.45, 2.75) is 32.4 Å². The molecule has 0 radical (unpaired) electrons. The van der Waals surface area contributed by atoms with Gasteiger partial charge in [-0.1, -0.05) is 6.92 Å². The molecule has 4 rings (SSSR count). The molecule has 7 heteroatoms. The molecule has 0 saturated carbocycles. The van der Waals surface area contributed by atoms with E-state index in [0.29, 0.717) is 22.6 Å². The first-order valence-electron chi connectivity index (χ1n) is 10.5. The number of aryl methyl sites for hydroxylation is 1. The summed E-state index contributed by atoms with van der Waals surface area (Å²) in [5.41, 5.74) is 3.38. The predicted molar refractivity (Wildman–Crippen MR) is 121 cm³/mol. The maximum absolute atomic E-state index is 13.3. The Morgan fingerprint density at radius 3 is 2.58 bits per heavy atom. The smallest absolute Gasteiger partial charge is 0.252 e. The Morgan fingerprint density at radius 1 is 1.19 bits per heavy atom. The van der Waals surface area contributed by atoms with Crippen molar-refractivity contribution in [1.82, 2.24) is 9.55 Å². The van der Waals surface area contributed by atoms with Crippen LogP contribution in [0.25, 0.3) is 11.0 Å². The Labute approximate surface area is 181 Å². The SMILES string of the molecule is C[C@@H]1CN(c2cc(=O)n(C)c3ccc(C#N)nc23)[C@@H](C)C[C@H]1N(C)c1ccc(F)cc1. The fraction of sp³-hybridized carbons (Fsp3) is 0.375. The Bertz CT molecular complexity index is 1210. The van der Waals surface area contributed by atoms with Crippen LogP contribution in [0.3, 0.4) is 0 Å². The number of piperidine rings is 1. The first kappa shape index (κ1) is 20.9. The van der Waals surface area contributed by atoms with Crippen molar-refractivity contribution in [3.63, 3.8) is 0 Å². The average molecular weight is 420 g/mol. The summed E-state index contributed by atoms with van der Waals surface area (Å²) in [5.74, 6) is 0.0553. The fourth-order valence-corrected chi connectivity index (χ4v) is 4.66. The molecule has 0 unspecified atom stereocenters. The molecule has 1 aliphatic heterocycles. The Morgan fingerprint density at radius 2 is 1.90 bits per heavy atom. The van der Waals surface area contributed by atoms with Crippen molar-refractivity contribution in [3.8, 4) is 6.07 Å². The van der Waals surface area contributed by atoms with E-state index in [-0.39, 0.29) is 23.5 Å². The molecule has 6 nitrogen and oxygen atoms in total. The molecule has 1 fully saturated rings. The molecule has 0 spiro atoms. The van der Waals surface area contributed by atoms with Crippen LogP contribution >= 0.6 is 0 Å². The number of hydrogen-bond acceptors (Lipinski definition) is 5. The van der Waals surface area contributed by atoms with Gasteiger partial charge in [0.25, 0.3) is 5.56 Å². The standard InChI is InChI=1S/C24H26FN5O/c1-15-14-30(16(2)11-21(15)28(3)19-8-5-17(25)6-9-19)22-12-23(31)29(4)20-10-7-18(13-26)27-24(20)22/h5-10,12,15-16,21H,11,14H2,1-4H3/t15-,16+,21-/m1/s1. The van der Waals surface area contributed by atoms with E-state index in [1.807, 2.05) is 7.05 Å². The molecule has 3 aromatic rings. The lowest BCUT2D eigenvalue weighted by atomic mass is 9.87. The number of anilines is 2. The fourth-order valence-electron chi connectivity index (χ4n) is 4.66. The second-order valence-corrected chi connectivity index (χ2v) is 8.47. The third kappa shape index (κ3) is 3.74. The van der Waals surface area contributed by atoms with Gasteiger partial charge in [-0.2, -0.15) is 5.26 Å². The normalized spacial score (nSPS) is 21.2. The van der Waals surface area contributed by atoms with Crippen LogP contribution in [0.4, 0.5) is 15.8 Å². The monoisotopic (exact) mass is 419 g/mol. The van der Waals surface area contributed by atoms with Gasteiger partial charge in [0.1, 0.15) is 23.1 Å². The molecule has 1 saturated heterocycles. The molecular formula is C24H26FN5O. The van der Waals surface area contributed by atoms with Crippen LogP contribution in [0, 0.1) is 23.1 Å². The molecular weight excluding hydrogens is 393 g/mol. The van der Waals surface area contributed by atoms with E-state index >= 15 is 0 Å². The predicted octanol–water partition coefficient (Wildman–Crippen LogP) is 3.68. The van der Waals surface area contributed by atoms with Gasteiger partial charge >= 0.3 is 0 Å². The lowest BCUT2D eigenvalue weighted by Gasteiger charge is -2.46. The minimum absolute atomic E-state index is 0.0978. The van der Waals surface area contributed by atoms with Crippen molar-refractivity contribution >= 4 is 22.4 Å². The summed E-state index contributed by atoms with van der Waals surface area (Å²) in [5, 5.41) is 9.31. The van der Waals surface area contributed by atoms with Gasteiger partial charge in [0.2, 0.25) is 0 Å². The topological polar surface area (TPSA) is 65.2 Å². The molecule has 31 heavy (non-hydrogen) atoms. The Kier molecular flexibility index (Phi) is 5.40. The summed E-state index contributed by atoms with van der Waals surface area (Å²) in [4.78, 5) is 21.6. The van der Waals surface area contributed by atoms with E-state index in [1.54, 1.807) is 41.9 Å². The van der Waals surface area contributed by atoms with Crippen molar-refractivity contribution in [1.29, 1.82) is 5.26 Å². The molecule has 160 valence electrons. The van der Waals surface area contributed by atoms with Crippen molar-refractivity contribution in [2.24, 2.45) is 13.0 Å². The lowest BCUT2D eigenvalue weighted by molar-refractivity contribution is 0.328. The maximum Gasteiger partial charge on any atom is 0.252 e. The molecule has 0 aliphatic carbocycles. The van der Waals surface area contributed by atoms with Crippen LogP contribution in [-0.4, -0.2) is 35.2 Å². The molecule has 3 atom stereocenters. The van der Waals surface area contributed by atoms with Gasteiger partial charge in [-0.05, 0) is 55.7 Å². The number of nitriles is 1. The number of hydrogen-bond donors (Lipinski definition) is 0. The molecule has 0 N–H and O–H groups in total. The van der Waals surface area contributed by atoms with Crippen LogP contribution in [0.1, 0.15) is 26.0 Å². The third-order valence-corrected chi connectivity index (χ3v) is 6.48. The van der Waals surface area contributed by atoms with Gasteiger partial charge in [-0.3, -0.25) is 4.79 Å². The summed E-state index contributed by atoms with van der Waals surface area (Å²) in [7, 11) is 3.77. The first-order valence-corrected chi connectivity index (χ1v) is 10.5. The number of fused-ring (bicyclic) bond motifs is 1. The van der Waals surface area contributed by atoms with E-state index in [2.05, 4.69) is 34.7 Å². The summed E-state index contributed by atoms with van der Waals surface area (Å²) < 4.78 is 14.9. The quantitative estimate of drug-likeness (QED) is 0.648. The molecule has 1 aliphatic rings. The maximum atomic E-state index is 13.3. The number of pyridine rings is 2. The highest BCUT2D eigenvalue weighted by atomic mass is 19.1. The summed E-state index contributed by atoms with van der Waals surface area (Å²) in [6.45, 7) is 5.09. The molecule has 1 aromatic carbocycles. The zero-order valence-corrected chi connectivity index (χ0v) is 18.2. The summed E-state index contributed by atoms with van der Waals surface area (Å²) >= 11 is 0. The molecule has 3 heterocycles. The first-order chi connectivity index (χ1) is 14.8. The second-order valence-electron chi connectivity index (χ2n) is 8.47. The Balaban J connectivity index is 1.69. The van der Waals surface area contributed by atoms with E-state index in [9.17, 15) is 14.4 Å². The van der Waals surface area contributed by atoms with E-state index in [4.69, 9.17) is 0 Å². The van der Waals surface area contributed by atoms with Crippen molar-refractivity contribution in [3.05, 3.63) is 64.3 Å². The van der Waals surface area contributed by atoms with E-state index < -0.39 is 0 Å². The minimum Gasteiger partial charge on any atom is -0.371 e. The third-order valence-electron chi connectivity index (χ3n) is 6.48. The summed E-state index contributed by atoms with van der Waals surface area (Å²) in [6.07, 6.45) is 0.879. The number of nitrogens with zero attached hydrogens (tertiary/aromatic N) is 5. The number of halogens is 1. The van der Waals surface area contributed by atoms with Gasteiger partial charge < -0.3 is 14.4 Å². The number of aromatic nitrogens is 2. The minimum atomic E-state index is -0.241. The average Bonchev–Trinajstić information content (AvgIpc) is 2.77. The van der Waals surface area contributed by atoms with Gasteiger partial charge in [-0.15, -0.1) is 0 Å². The van der Waals surface area contributed by atoms with Crippen LogP contribution in [0.2, 0.25) is 0 Å². The van der Waals surface area contributed by atoms with Crippen molar-refractivity contribution in [2.75, 3.05) is 23.4 Å². The van der Waals surface area contributed by atoms with Crippen molar-refractivity contribution < 1.29 is 4.39 Å². The molecule has 0 amide bonds. The van der Waals surface area contributed by atoms with Crippen LogP contribution in [0.15, 0.2) is 47.3 Å². The van der Waals surface area contributed by atoms with Gasteiger partial charge in [0.15, 0.2) is 0 Å². The van der Waals surface area contributed by atoms with Crippen LogP contribution < -0.4 is 15.4 Å². The zero-order valence-electron chi connectivity index (χ0n) is 18.2. The second kappa shape index (κ2) is 8.03. The molecule has 2 aromatic heterocycles. The highest BCUT2D eigenvalue weighted by molar-refractivity contribution is 5.89. The highest BCUT2D eigenvalue weighted by Gasteiger charge is 2.34. The lowest BCUT2D eigenvalue weighted by Crippen LogP contribution is -2.53. The van der Waals surface area contributed by atoms with E-state index in [0.717, 1.165) is 24.3 Å². The summed E-state index contributed by atoms with van der Waals surface area (Å²) in [6, 6.07) is 14.2. The van der Waals surface area contributed by atoms with Crippen LogP contribution in [-0.2, 0) is 7.05 Å². The zero-order chi connectivity index (χ0) is 22.3. The van der Waals surface area contributed by atoms with Gasteiger partial charge in [0, 0.05) is 44.5 Å². The van der Waals surface area contributed by atoms with Gasteiger partial charge in [0.05, 0.1) is 11.2 Å². The van der Waals surface area contributed by atoms with E-state index in [1.165, 1.54) is 12.1 Å².